The highest BCUT2D eigenvalue weighted by Gasteiger charge is 2.51. The first-order chi connectivity index (χ1) is 20.1. The van der Waals surface area contributed by atoms with Crippen LogP contribution < -0.4 is 4.90 Å². The summed E-state index contributed by atoms with van der Waals surface area (Å²) in [4.78, 5) is 51.4. The van der Waals surface area contributed by atoms with Crippen LogP contribution >= 0.6 is 11.6 Å². The Hall–Kier alpha value is -3.77. The van der Waals surface area contributed by atoms with Gasteiger partial charge in [-0.05, 0) is 53.8 Å². The number of aromatic nitrogens is 4. The molecule has 2 fully saturated rings. The first-order valence-corrected chi connectivity index (χ1v) is 14.4. The second-order valence-electron chi connectivity index (χ2n) is 11.3. The number of carbonyl (C=O) groups excluding carboxylic acids is 3. The van der Waals surface area contributed by atoms with E-state index in [0.717, 1.165) is 38.8 Å². The molecular formula is C29H32ClN5O7. The predicted molar refractivity (Wildman–Crippen MR) is 150 cm³/mol. The molecule has 2 aliphatic heterocycles. The van der Waals surface area contributed by atoms with Gasteiger partial charge in [0.15, 0.2) is 35.4 Å². The molecule has 1 spiro atoms. The van der Waals surface area contributed by atoms with Crippen molar-refractivity contribution in [3.63, 3.8) is 0 Å². The molecule has 3 aromatic rings. The number of carbonyl (C=O) groups is 3. The summed E-state index contributed by atoms with van der Waals surface area (Å²) in [5, 5.41) is 0.0304. The summed E-state index contributed by atoms with van der Waals surface area (Å²) in [6.45, 7) is 5.11. The molecule has 0 amide bonds. The number of esters is 3. The highest BCUT2D eigenvalue weighted by atomic mass is 35.5. The van der Waals surface area contributed by atoms with E-state index in [1.54, 1.807) is 4.57 Å². The van der Waals surface area contributed by atoms with E-state index in [2.05, 4.69) is 44.1 Å². The van der Waals surface area contributed by atoms with Crippen molar-refractivity contribution in [1.29, 1.82) is 0 Å². The number of nitrogens with zero attached hydrogens (tertiary/aromatic N) is 5. The molecular weight excluding hydrogens is 566 g/mol. The summed E-state index contributed by atoms with van der Waals surface area (Å²) >= 11 is 6.45. The van der Waals surface area contributed by atoms with E-state index in [4.69, 9.17) is 30.5 Å². The average Bonchev–Trinajstić information content (AvgIpc) is 3.60. The Balaban J connectivity index is 1.29. The van der Waals surface area contributed by atoms with Gasteiger partial charge in [0.1, 0.15) is 12.7 Å². The van der Waals surface area contributed by atoms with Crippen molar-refractivity contribution in [2.75, 3.05) is 24.6 Å². The molecule has 2 saturated heterocycles. The van der Waals surface area contributed by atoms with Crippen molar-refractivity contribution in [2.24, 2.45) is 5.41 Å². The number of rotatable bonds is 6. The largest absolute Gasteiger partial charge is 0.463 e. The van der Waals surface area contributed by atoms with Crippen molar-refractivity contribution in [3.05, 3.63) is 47.0 Å². The van der Waals surface area contributed by atoms with Gasteiger partial charge in [0.05, 0.1) is 6.33 Å². The van der Waals surface area contributed by atoms with Crippen LogP contribution in [-0.4, -0.2) is 75.4 Å². The number of hydrogen-bond donors (Lipinski definition) is 0. The Morgan fingerprint density at radius 2 is 1.62 bits per heavy atom. The van der Waals surface area contributed by atoms with E-state index in [-0.39, 0.29) is 17.3 Å². The van der Waals surface area contributed by atoms with Gasteiger partial charge in [0.2, 0.25) is 5.28 Å². The summed E-state index contributed by atoms with van der Waals surface area (Å²) in [6.07, 6.45) is 1.68. The van der Waals surface area contributed by atoms with E-state index >= 15 is 0 Å². The number of anilines is 1. The van der Waals surface area contributed by atoms with Crippen LogP contribution in [0.3, 0.4) is 0 Å². The maximum absolute atomic E-state index is 12.1. The Morgan fingerprint density at radius 3 is 2.24 bits per heavy atom. The molecule has 1 aliphatic carbocycles. The van der Waals surface area contributed by atoms with Crippen LogP contribution in [0, 0.1) is 5.41 Å². The van der Waals surface area contributed by atoms with E-state index in [1.165, 1.54) is 38.2 Å². The number of benzene rings is 1. The number of fused-ring (bicyclic) bond motifs is 2. The highest BCUT2D eigenvalue weighted by Crippen LogP contribution is 2.45. The molecule has 13 heteroatoms. The second kappa shape index (κ2) is 11.1. The Labute approximate surface area is 247 Å². The molecule has 6 rings (SSSR count). The fourth-order valence-corrected chi connectivity index (χ4v) is 6.68. The quantitative estimate of drug-likeness (QED) is 0.235. The minimum Gasteiger partial charge on any atom is -0.463 e. The van der Waals surface area contributed by atoms with Crippen molar-refractivity contribution in [2.45, 2.75) is 71.0 Å². The van der Waals surface area contributed by atoms with Gasteiger partial charge < -0.3 is 23.8 Å². The van der Waals surface area contributed by atoms with Crippen molar-refractivity contribution in [3.8, 4) is 0 Å². The minimum atomic E-state index is -1.07. The lowest BCUT2D eigenvalue weighted by Crippen LogP contribution is -2.41. The summed E-state index contributed by atoms with van der Waals surface area (Å²) in [5.41, 5.74) is 4.01. The number of piperidine rings is 1. The zero-order chi connectivity index (χ0) is 29.6. The lowest BCUT2D eigenvalue weighted by atomic mass is 9.76. The Kier molecular flexibility index (Phi) is 7.52. The fourth-order valence-electron chi connectivity index (χ4n) is 6.52. The summed E-state index contributed by atoms with van der Waals surface area (Å²) in [6, 6.07) is 8.67. The molecule has 4 atom stereocenters. The maximum Gasteiger partial charge on any atom is 0.303 e. The lowest BCUT2D eigenvalue weighted by molar-refractivity contribution is -0.166. The molecule has 2 unspecified atom stereocenters. The Morgan fingerprint density at radius 1 is 0.976 bits per heavy atom. The third kappa shape index (κ3) is 5.40. The molecule has 3 aliphatic rings. The summed E-state index contributed by atoms with van der Waals surface area (Å²) in [5.74, 6) is -1.13. The van der Waals surface area contributed by atoms with E-state index in [9.17, 15) is 14.4 Å². The van der Waals surface area contributed by atoms with Crippen LogP contribution in [0.15, 0.2) is 30.6 Å². The van der Waals surface area contributed by atoms with Gasteiger partial charge in [-0.25, -0.2) is 4.98 Å². The number of ether oxygens (including phenoxy) is 4. The van der Waals surface area contributed by atoms with Gasteiger partial charge in [-0.1, -0.05) is 24.3 Å². The molecule has 0 saturated carbocycles. The molecule has 1 aromatic carbocycles. The van der Waals surface area contributed by atoms with Gasteiger partial charge in [-0.15, -0.1) is 0 Å². The van der Waals surface area contributed by atoms with Gasteiger partial charge in [0.25, 0.3) is 0 Å². The smallest absolute Gasteiger partial charge is 0.303 e. The molecule has 222 valence electrons. The summed E-state index contributed by atoms with van der Waals surface area (Å²) < 4.78 is 24.0. The normalized spacial score (nSPS) is 24.5. The molecule has 0 N–H and O–H groups in total. The number of imidazole rings is 1. The first-order valence-electron chi connectivity index (χ1n) is 14.0. The average molecular weight is 598 g/mol. The number of hydrogen-bond acceptors (Lipinski definition) is 11. The summed E-state index contributed by atoms with van der Waals surface area (Å²) in [7, 11) is 0. The van der Waals surface area contributed by atoms with Crippen LogP contribution in [-0.2, 0) is 46.2 Å². The standard InChI is InChI=1S/C29H32ClN5O7/c1-16(36)39-14-21-23(40-17(2)37)24(41-18(3)38)27(42-21)35-15-31-22-25(32-28(30)33-26(22)35)34-10-8-29(9-11-34)12-19-6-4-5-7-20(19)13-29/h4-7,15,21,23-24,27H,8-14H2,1-3H3/t21-,23?,24?,27-/m1/s1. The highest BCUT2D eigenvalue weighted by molar-refractivity contribution is 6.28. The zero-order valence-electron chi connectivity index (χ0n) is 23.6. The fraction of sp³-hybridized carbons (Fsp3) is 0.517. The van der Waals surface area contributed by atoms with Crippen molar-refractivity contribution < 1.29 is 33.3 Å². The van der Waals surface area contributed by atoms with Crippen molar-refractivity contribution >= 4 is 46.5 Å². The van der Waals surface area contributed by atoms with Crippen LogP contribution in [0.4, 0.5) is 5.82 Å². The zero-order valence-corrected chi connectivity index (χ0v) is 24.4. The third-order valence-corrected chi connectivity index (χ3v) is 8.53. The van der Waals surface area contributed by atoms with E-state index < -0.39 is 42.4 Å². The number of halogens is 1. The SMILES string of the molecule is CC(=O)OC[C@H]1O[C@@H](n2cnc3c(N4CCC5(CC4)Cc4ccccc4C5)nc(Cl)nc32)C(OC(C)=O)C1OC(C)=O. The van der Waals surface area contributed by atoms with Crippen LogP contribution in [0.1, 0.15) is 51.0 Å². The van der Waals surface area contributed by atoms with Crippen LogP contribution in [0.2, 0.25) is 5.28 Å². The van der Waals surface area contributed by atoms with Crippen molar-refractivity contribution in [1.82, 2.24) is 19.5 Å². The van der Waals surface area contributed by atoms with Crippen LogP contribution in [0.5, 0.6) is 0 Å². The molecule has 0 radical (unpaired) electrons. The molecule has 12 nitrogen and oxygen atoms in total. The first kappa shape index (κ1) is 28.4. The Bertz CT molecular complexity index is 1510. The topological polar surface area (TPSA) is 135 Å². The van der Waals surface area contributed by atoms with Crippen LogP contribution in [0.25, 0.3) is 11.2 Å². The molecule has 42 heavy (non-hydrogen) atoms. The predicted octanol–water partition coefficient (Wildman–Crippen LogP) is 3.19. The van der Waals surface area contributed by atoms with Gasteiger partial charge >= 0.3 is 17.9 Å². The second-order valence-corrected chi connectivity index (χ2v) is 11.6. The monoisotopic (exact) mass is 597 g/mol. The molecule has 2 aromatic heterocycles. The molecule has 0 bridgehead atoms. The van der Waals surface area contributed by atoms with E-state index in [1.807, 2.05) is 0 Å². The van der Waals surface area contributed by atoms with Gasteiger partial charge in [-0.2, -0.15) is 9.97 Å². The van der Waals surface area contributed by atoms with Gasteiger partial charge in [-0.3, -0.25) is 19.0 Å². The van der Waals surface area contributed by atoms with E-state index in [0.29, 0.717) is 17.0 Å². The molecule has 4 heterocycles. The van der Waals surface area contributed by atoms with Gasteiger partial charge in [0, 0.05) is 33.9 Å². The maximum atomic E-state index is 12.1. The lowest BCUT2D eigenvalue weighted by Gasteiger charge is -2.40. The minimum absolute atomic E-state index is 0.0304. The third-order valence-electron chi connectivity index (χ3n) is 8.36.